The lowest BCUT2D eigenvalue weighted by atomic mass is 10.1. The van der Waals surface area contributed by atoms with Crippen molar-refractivity contribution < 1.29 is 4.74 Å². The average Bonchev–Trinajstić information content (AvgIpc) is 2.47. The highest BCUT2D eigenvalue weighted by atomic mass is 35.5. The lowest BCUT2D eigenvalue weighted by molar-refractivity contribution is 0.407. The van der Waals surface area contributed by atoms with Crippen LogP contribution in [0.4, 0.5) is 0 Å². The summed E-state index contributed by atoms with van der Waals surface area (Å²) in [6.07, 6.45) is 0. The minimum absolute atomic E-state index is 0.139. The summed E-state index contributed by atoms with van der Waals surface area (Å²) in [7, 11) is 1.65. The standard InChI is InChI=1S/C16H17Cl2NOS/c1-10-3-6-15(20-2)12(7-10)14(19)9-21-16-8-11(17)4-5-13(16)18/h3-8,14H,9,19H2,1-2H3. The summed E-state index contributed by atoms with van der Waals surface area (Å²) in [6.45, 7) is 2.04. The molecule has 0 saturated carbocycles. The van der Waals surface area contributed by atoms with E-state index in [1.54, 1.807) is 31.0 Å². The molecular weight excluding hydrogens is 325 g/mol. The minimum Gasteiger partial charge on any atom is -0.496 e. The molecule has 2 rings (SSSR count). The molecule has 0 heterocycles. The molecule has 0 fully saturated rings. The van der Waals surface area contributed by atoms with Crippen molar-refractivity contribution in [2.75, 3.05) is 12.9 Å². The molecule has 0 aliphatic rings. The number of nitrogens with two attached hydrogens (primary N) is 1. The van der Waals surface area contributed by atoms with E-state index in [1.165, 1.54) is 0 Å². The molecule has 2 nitrogen and oxygen atoms in total. The Balaban J connectivity index is 2.13. The monoisotopic (exact) mass is 341 g/mol. The van der Waals surface area contributed by atoms with E-state index < -0.39 is 0 Å². The van der Waals surface area contributed by atoms with Crippen molar-refractivity contribution in [3.05, 3.63) is 57.6 Å². The third-order valence-corrected chi connectivity index (χ3v) is 4.95. The van der Waals surface area contributed by atoms with Crippen molar-refractivity contribution in [3.63, 3.8) is 0 Å². The molecule has 5 heteroatoms. The SMILES string of the molecule is COc1ccc(C)cc1C(N)CSc1cc(Cl)ccc1Cl. The van der Waals surface area contributed by atoms with Gasteiger partial charge in [-0.2, -0.15) is 0 Å². The zero-order valence-electron chi connectivity index (χ0n) is 11.9. The number of halogens is 2. The molecule has 0 spiro atoms. The number of rotatable bonds is 5. The first kappa shape index (κ1) is 16.5. The largest absolute Gasteiger partial charge is 0.496 e. The van der Waals surface area contributed by atoms with Gasteiger partial charge in [0.25, 0.3) is 0 Å². The van der Waals surface area contributed by atoms with Crippen LogP contribution in [-0.2, 0) is 0 Å². The maximum Gasteiger partial charge on any atom is 0.123 e. The molecule has 1 atom stereocenters. The second kappa shape index (κ2) is 7.41. The molecule has 21 heavy (non-hydrogen) atoms. The highest BCUT2D eigenvalue weighted by Crippen LogP contribution is 2.34. The maximum atomic E-state index is 6.30. The Bertz CT molecular complexity index is 634. The van der Waals surface area contributed by atoms with Crippen LogP contribution in [-0.4, -0.2) is 12.9 Å². The predicted octanol–water partition coefficient (Wildman–Crippen LogP) is 5.10. The fourth-order valence-electron chi connectivity index (χ4n) is 2.00. The van der Waals surface area contributed by atoms with Crippen LogP contribution in [0.5, 0.6) is 5.75 Å². The summed E-state index contributed by atoms with van der Waals surface area (Å²) in [5, 5.41) is 1.36. The summed E-state index contributed by atoms with van der Waals surface area (Å²) in [4.78, 5) is 0.936. The van der Waals surface area contributed by atoms with Crippen molar-refractivity contribution in [1.82, 2.24) is 0 Å². The van der Waals surface area contributed by atoms with E-state index in [2.05, 4.69) is 6.07 Å². The minimum atomic E-state index is -0.139. The zero-order valence-corrected chi connectivity index (χ0v) is 14.2. The number of ether oxygens (including phenoxy) is 1. The number of benzene rings is 2. The van der Waals surface area contributed by atoms with Crippen molar-refractivity contribution >= 4 is 35.0 Å². The van der Waals surface area contributed by atoms with E-state index in [9.17, 15) is 0 Å². The lowest BCUT2D eigenvalue weighted by Crippen LogP contribution is -2.14. The fourth-order valence-corrected chi connectivity index (χ4v) is 3.47. The van der Waals surface area contributed by atoms with Gasteiger partial charge in [0.2, 0.25) is 0 Å². The first-order valence-corrected chi connectivity index (χ1v) is 8.23. The van der Waals surface area contributed by atoms with Crippen molar-refractivity contribution in [2.24, 2.45) is 5.73 Å². The van der Waals surface area contributed by atoms with E-state index in [0.717, 1.165) is 21.8 Å². The maximum absolute atomic E-state index is 6.30. The Labute approximate surface area is 139 Å². The molecule has 112 valence electrons. The third kappa shape index (κ3) is 4.30. The van der Waals surface area contributed by atoms with Gasteiger partial charge in [0, 0.05) is 27.3 Å². The van der Waals surface area contributed by atoms with E-state index in [4.69, 9.17) is 33.7 Å². The van der Waals surface area contributed by atoms with E-state index in [-0.39, 0.29) is 6.04 Å². The molecular formula is C16H17Cl2NOS. The predicted molar refractivity (Wildman–Crippen MR) is 91.8 cm³/mol. The summed E-state index contributed by atoms with van der Waals surface area (Å²) in [6, 6.07) is 11.3. The van der Waals surface area contributed by atoms with Crippen molar-refractivity contribution in [3.8, 4) is 5.75 Å². The van der Waals surface area contributed by atoms with Crippen LogP contribution in [0, 0.1) is 6.92 Å². The number of thioether (sulfide) groups is 1. The van der Waals surface area contributed by atoms with Crippen LogP contribution in [0.25, 0.3) is 0 Å². The Hall–Kier alpha value is -0.870. The van der Waals surface area contributed by atoms with Crippen molar-refractivity contribution in [2.45, 2.75) is 17.9 Å². The lowest BCUT2D eigenvalue weighted by Gasteiger charge is -2.16. The number of hydrogen-bond acceptors (Lipinski definition) is 3. The zero-order chi connectivity index (χ0) is 15.4. The van der Waals surface area contributed by atoms with Crippen molar-refractivity contribution in [1.29, 1.82) is 0 Å². The summed E-state index contributed by atoms with van der Waals surface area (Å²) < 4.78 is 5.38. The van der Waals surface area contributed by atoms with Gasteiger partial charge in [0.1, 0.15) is 5.75 Å². The Morgan fingerprint density at radius 2 is 1.95 bits per heavy atom. The number of hydrogen-bond donors (Lipinski definition) is 1. The van der Waals surface area contributed by atoms with Gasteiger partial charge in [-0.25, -0.2) is 0 Å². The van der Waals surface area contributed by atoms with Gasteiger partial charge < -0.3 is 10.5 Å². The van der Waals surface area contributed by atoms with Gasteiger partial charge in [-0.3, -0.25) is 0 Å². The van der Waals surface area contributed by atoms with Crippen LogP contribution in [0.1, 0.15) is 17.2 Å². The summed E-state index contributed by atoms with van der Waals surface area (Å²) >= 11 is 13.8. The summed E-state index contributed by atoms with van der Waals surface area (Å²) in [5.41, 5.74) is 8.46. The molecule has 2 aromatic carbocycles. The van der Waals surface area contributed by atoms with Crippen LogP contribution in [0.2, 0.25) is 10.0 Å². The number of methoxy groups -OCH3 is 1. The average molecular weight is 342 g/mol. The highest BCUT2D eigenvalue weighted by molar-refractivity contribution is 7.99. The van der Waals surface area contributed by atoms with Crippen LogP contribution in [0.3, 0.4) is 0 Å². The molecule has 0 radical (unpaired) electrons. The fraction of sp³-hybridized carbons (Fsp3) is 0.250. The second-order valence-corrected chi connectivity index (χ2v) is 6.64. The van der Waals surface area contributed by atoms with Crippen LogP contribution in [0.15, 0.2) is 41.3 Å². The molecule has 0 aliphatic carbocycles. The normalized spacial score (nSPS) is 12.2. The molecule has 0 saturated heterocycles. The van der Waals surface area contributed by atoms with Gasteiger partial charge in [-0.05, 0) is 31.2 Å². The van der Waals surface area contributed by atoms with Crippen LogP contribution >= 0.6 is 35.0 Å². The van der Waals surface area contributed by atoms with Gasteiger partial charge in [-0.1, -0.05) is 40.9 Å². The third-order valence-electron chi connectivity index (χ3n) is 3.10. The van der Waals surface area contributed by atoms with Gasteiger partial charge >= 0.3 is 0 Å². The van der Waals surface area contributed by atoms with E-state index in [0.29, 0.717) is 15.8 Å². The quantitative estimate of drug-likeness (QED) is 0.768. The summed E-state index contributed by atoms with van der Waals surface area (Å²) in [5.74, 6) is 1.51. The Kier molecular flexibility index (Phi) is 5.82. The van der Waals surface area contributed by atoms with Gasteiger partial charge in [0.05, 0.1) is 12.1 Å². The van der Waals surface area contributed by atoms with E-state index >= 15 is 0 Å². The number of aryl methyl sites for hydroxylation is 1. The Morgan fingerprint density at radius 3 is 2.67 bits per heavy atom. The van der Waals surface area contributed by atoms with Gasteiger partial charge in [-0.15, -0.1) is 11.8 Å². The first-order valence-electron chi connectivity index (χ1n) is 6.49. The Morgan fingerprint density at radius 1 is 1.19 bits per heavy atom. The first-order chi connectivity index (χ1) is 10.0. The molecule has 1 unspecified atom stereocenters. The molecule has 0 amide bonds. The van der Waals surface area contributed by atoms with Gasteiger partial charge in [0.15, 0.2) is 0 Å². The molecule has 0 aromatic heterocycles. The second-order valence-electron chi connectivity index (χ2n) is 4.74. The van der Waals surface area contributed by atoms with E-state index in [1.807, 2.05) is 25.1 Å². The van der Waals surface area contributed by atoms with Crippen LogP contribution < -0.4 is 10.5 Å². The molecule has 0 aliphatic heterocycles. The smallest absolute Gasteiger partial charge is 0.123 e. The topological polar surface area (TPSA) is 35.2 Å². The molecule has 0 bridgehead atoms. The molecule has 2 N–H and O–H groups in total. The molecule has 2 aromatic rings. The highest BCUT2D eigenvalue weighted by Gasteiger charge is 2.13.